The summed E-state index contributed by atoms with van der Waals surface area (Å²) in [5, 5.41) is 35.8. The second kappa shape index (κ2) is 30.1. The van der Waals surface area contributed by atoms with Gasteiger partial charge in [0.1, 0.15) is 30.6 Å². The number of carboxylic acids is 1. The Bertz CT molecular complexity index is 2640. The van der Waals surface area contributed by atoms with Crippen molar-refractivity contribution < 1.29 is 192 Å². The van der Waals surface area contributed by atoms with E-state index in [2.05, 4.69) is 123 Å². The maximum absolute atomic E-state index is 11.7. The predicted molar refractivity (Wildman–Crippen MR) is 273 cm³/mol. The summed E-state index contributed by atoms with van der Waals surface area (Å²) in [7, 11) is 0. The van der Waals surface area contributed by atoms with Crippen LogP contribution in [0.3, 0.4) is 0 Å². The summed E-state index contributed by atoms with van der Waals surface area (Å²) >= 11 is 3.55. The molecule has 2 atom stereocenters. The summed E-state index contributed by atoms with van der Waals surface area (Å²) in [6.45, 7) is 21.2. The molecule has 2 heterocycles. The molecule has 0 saturated heterocycles. The van der Waals surface area contributed by atoms with Crippen LogP contribution in [-0.2, 0) is 57.6 Å². The number of alkyl halides is 1. The number of rotatable bonds is 14. The first-order valence-electron chi connectivity index (χ1n) is 23.9. The van der Waals surface area contributed by atoms with Crippen molar-refractivity contribution in [3.05, 3.63) is 165 Å². The molecule has 0 unspecified atom stereocenters. The molecule has 2 aromatic heterocycles. The van der Waals surface area contributed by atoms with Crippen molar-refractivity contribution in [3.63, 3.8) is 0 Å². The number of hydrogen-bond acceptors (Lipinski definition) is 12. The first-order chi connectivity index (χ1) is 33.6. The minimum absolute atomic E-state index is 0. The normalized spacial score (nSPS) is 15.8. The van der Waals surface area contributed by atoms with Crippen LogP contribution in [0.4, 0.5) is 0 Å². The third-order valence-electron chi connectivity index (χ3n) is 13.7. The Balaban J connectivity index is 0.000000383. The molecule has 0 bridgehead atoms. The molecule has 0 saturated carbocycles. The Morgan fingerprint density at radius 2 is 1.11 bits per heavy atom. The smallest absolute Gasteiger partial charge is 1.00 e. The summed E-state index contributed by atoms with van der Waals surface area (Å²) in [5.74, 6) is -0.829. The van der Waals surface area contributed by atoms with E-state index in [0.29, 0.717) is 35.4 Å². The summed E-state index contributed by atoms with van der Waals surface area (Å²) in [5.41, 5.74) is 12.6. The molecule has 13 nitrogen and oxygen atoms in total. The fourth-order valence-electron chi connectivity index (χ4n) is 9.27. The van der Waals surface area contributed by atoms with Crippen LogP contribution >= 0.6 is 15.9 Å². The predicted octanol–water partition coefficient (Wildman–Crippen LogP) is 6.16. The number of nitrogens with zero attached hydrogens (tertiary/aromatic N) is 2. The molecule has 73 heavy (non-hydrogen) atoms. The van der Waals surface area contributed by atoms with Crippen molar-refractivity contribution in [3.8, 4) is 11.5 Å². The van der Waals surface area contributed by atoms with Gasteiger partial charge in [-0.25, -0.2) is 0 Å². The average Bonchev–Trinajstić information content (AvgIpc) is 4.10. The average molecular weight is 1300 g/mol. The quantitative estimate of drug-likeness (QED) is 0.0415. The van der Waals surface area contributed by atoms with E-state index in [4.69, 9.17) is 28.6 Å². The number of aromatic nitrogens is 2. The van der Waals surface area contributed by atoms with E-state index in [9.17, 15) is 19.8 Å². The van der Waals surface area contributed by atoms with Crippen LogP contribution in [0, 0.1) is 0 Å². The molecule has 382 valence electrons. The third-order valence-corrected chi connectivity index (χ3v) is 14.3. The molecular weight excluding hydrogens is 1230 g/mol. The third kappa shape index (κ3) is 18.8. The van der Waals surface area contributed by atoms with Crippen LogP contribution < -0.4 is 148 Å². The van der Waals surface area contributed by atoms with Crippen LogP contribution in [0.2, 0.25) is 0 Å². The number of carboxylic acid groups (broad SMARTS) is 1. The van der Waals surface area contributed by atoms with Gasteiger partial charge < -0.3 is 40.3 Å². The molecule has 2 aliphatic carbocycles. The number of hydrogen-bond donors (Lipinski definition) is 2. The molecule has 4 aromatic carbocycles. The standard InChI is InChI=1S/C27H31NO4.C15H21Br.C14H15NO4.CH2O3.2Cs.H/c1-26(2)12-13-27(3,4)23-15-18(5-10-22(23)26)17-31-20-8-6-19(7-9-20)21(16-25(29)30)24-11-14-32-28-24;1-14(2)7-8-15(3,4)13-9-11(10-16)5-6-12(13)14;1-2-18-14(17)9-12(13-7-8-19-15-13)10-3-5-11(16)6-4-10;2-1-4-3;;;/h5-11,14-15,21H,12-13,16-17H2,1-4H3,(H,29,30);5-6,9H,7-8,10H2,1-4H3;3-8,12,16H,2,9H2,1H3;1,3H;;;/q;;;;2*+1;-1/p-1/t21-;;12-;;;;/m1.1..../s1. The second-order valence-corrected chi connectivity index (χ2v) is 21.2. The van der Waals surface area contributed by atoms with Crippen molar-refractivity contribution in [2.45, 2.75) is 146 Å². The number of phenolic OH excluding ortho intramolecular Hbond substituents is 1. The van der Waals surface area contributed by atoms with Crippen molar-refractivity contribution in [2.24, 2.45) is 0 Å². The van der Waals surface area contributed by atoms with Gasteiger partial charge in [0.15, 0.2) is 0 Å². The molecule has 16 heteroatoms. The van der Waals surface area contributed by atoms with Crippen molar-refractivity contribution in [1.29, 1.82) is 0 Å². The summed E-state index contributed by atoms with van der Waals surface area (Å²) in [6, 6.07) is 31.4. The summed E-state index contributed by atoms with van der Waals surface area (Å²) in [4.78, 5) is 34.2. The Hall–Kier alpha value is -2.15. The van der Waals surface area contributed by atoms with Crippen LogP contribution in [0.1, 0.15) is 170 Å². The summed E-state index contributed by atoms with van der Waals surface area (Å²) < 4.78 is 20.8. The zero-order valence-electron chi connectivity index (χ0n) is 45.3. The first-order valence-corrected chi connectivity index (χ1v) is 25.0. The van der Waals surface area contributed by atoms with Gasteiger partial charge in [0.2, 0.25) is 0 Å². The molecule has 0 fully saturated rings. The van der Waals surface area contributed by atoms with Crippen LogP contribution in [0.15, 0.2) is 119 Å². The number of fused-ring (bicyclic) bond motifs is 2. The van der Waals surface area contributed by atoms with Crippen LogP contribution in [-0.4, -0.2) is 45.5 Å². The van der Waals surface area contributed by atoms with Crippen molar-refractivity contribution >= 4 is 34.3 Å². The van der Waals surface area contributed by atoms with Gasteiger partial charge >= 0.3 is 150 Å². The van der Waals surface area contributed by atoms with E-state index < -0.39 is 5.97 Å². The van der Waals surface area contributed by atoms with E-state index in [0.717, 1.165) is 27.8 Å². The molecule has 0 radical (unpaired) electrons. The van der Waals surface area contributed by atoms with Crippen LogP contribution in [0.5, 0.6) is 11.5 Å². The molecular formula is C57H69BrCs2N2O11. The van der Waals surface area contributed by atoms with Crippen molar-refractivity contribution in [2.75, 3.05) is 6.61 Å². The number of carbonyl (C=O) groups is 3. The van der Waals surface area contributed by atoms with Gasteiger partial charge in [-0.05, 0) is 123 Å². The monoisotopic (exact) mass is 1300 g/mol. The number of phenols is 1. The van der Waals surface area contributed by atoms with E-state index >= 15 is 0 Å². The fraction of sp³-hybridized carbons (Fsp3) is 0.421. The Kier molecular flexibility index (Phi) is 26.9. The fourth-order valence-corrected chi connectivity index (χ4v) is 9.61. The minimum atomic E-state index is -0.878. The molecule has 2 N–H and O–H groups in total. The Labute approximate surface area is 558 Å². The van der Waals surface area contributed by atoms with Gasteiger partial charge in [0, 0.05) is 29.3 Å². The number of esters is 1. The Morgan fingerprint density at radius 1 is 0.685 bits per heavy atom. The van der Waals surface area contributed by atoms with E-state index in [1.807, 2.05) is 24.3 Å². The van der Waals surface area contributed by atoms with Gasteiger partial charge in [0.25, 0.3) is 6.47 Å². The molecule has 0 amide bonds. The molecule has 2 aliphatic rings. The Morgan fingerprint density at radius 3 is 1.52 bits per heavy atom. The molecule has 0 aliphatic heterocycles. The molecule has 6 aromatic rings. The second-order valence-electron chi connectivity index (χ2n) is 20.6. The first kappa shape index (κ1) is 65.1. The van der Waals surface area contributed by atoms with E-state index in [1.165, 1.54) is 54.9 Å². The van der Waals surface area contributed by atoms with Gasteiger partial charge in [-0.1, -0.05) is 142 Å². The minimum Gasteiger partial charge on any atom is -1.00 e. The zero-order chi connectivity index (χ0) is 52.0. The van der Waals surface area contributed by atoms with Gasteiger partial charge in [0.05, 0.1) is 30.8 Å². The van der Waals surface area contributed by atoms with Gasteiger partial charge in [-0.3, -0.25) is 14.4 Å². The maximum Gasteiger partial charge on any atom is 1.00 e. The van der Waals surface area contributed by atoms with Gasteiger partial charge in [-0.15, -0.1) is 0 Å². The topological polar surface area (TPSA) is 194 Å². The van der Waals surface area contributed by atoms with Crippen molar-refractivity contribution in [1.82, 2.24) is 10.3 Å². The number of ether oxygens (including phenoxy) is 2. The number of aliphatic carboxylic acids is 1. The summed E-state index contributed by atoms with van der Waals surface area (Å²) in [6.07, 6.45) is 8.03. The number of halogens is 1. The zero-order valence-corrected chi connectivity index (χ0v) is 58.5. The largest absolute Gasteiger partial charge is 1.00 e. The molecule has 8 rings (SSSR count). The number of aromatic hydroxyl groups is 1. The van der Waals surface area contributed by atoms with E-state index in [1.54, 1.807) is 54.4 Å². The van der Waals surface area contributed by atoms with E-state index in [-0.39, 0.29) is 193 Å². The maximum atomic E-state index is 11.7. The van der Waals surface area contributed by atoms with Gasteiger partial charge in [-0.2, -0.15) is 0 Å². The number of benzene rings is 4. The molecule has 0 spiro atoms. The van der Waals surface area contributed by atoms with Crippen LogP contribution in [0.25, 0.3) is 0 Å². The SMILES string of the molecule is CC1(C)CCC(C)(C)c2cc(CBr)ccc21.CC1(C)CCC(C)(C)c2cc(COc3ccc([C@@H](CC(=O)O)c4ccon4)cc3)ccc21.CCOC(=O)C[C@H](c1ccc(O)cc1)c1ccon1.O=CO[O-].[Cs+].[Cs+].[H-]. The number of carbonyl (C=O) groups excluding carboxylic acids is 2.